The summed E-state index contributed by atoms with van der Waals surface area (Å²) in [5.74, 6) is -1.03. The molecular formula is C27H19I2N3O4. The lowest BCUT2D eigenvalue weighted by molar-refractivity contribution is -0.122. The number of amides is 4. The monoisotopic (exact) mass is 703 g/mol. The molecule has 0 aliphatic carbocycles. The number of anilines is 1. The number of hydrogen-bond acceptors (Lipinski definition) is 5. The largest absolute Gasteiger partial charge is 0.487 e. The second-order valence-electron chi connectivity index (χ2n) is 8.17. The van der Waals surface area contributed by atoms with E-state index in [4.69, 9.17) is 4.74 Å². The maximum Gasteiger partial charge on any atom is 0.335 e. The van der Waals surface area contributed by atoms with Crippen molar-refractivity contribution < 1.29 is 19.1 Å². The third kappa shape index (κ3) is 5.44. The maximum absolute atomic E-state index is 13.4. The molecule has 180 valence electrons. The van der Waals surface area contributed by atoms with Crippen molar-refractivity contribution in [1.82, 2.24) is 5.32 Å². The van der Waals surface area contributed by atoms with E-state index >= 15 is 0 Å². The van der Waals surface area contributed by atoms with Crippen molar-refractivity contribution in [2.75, 3.05) is 4.90 Å². The van der Waals surface area contributed by atoms with Gasteiger partial charge in [-0.25, -0.2) is 9.69 Å². The lowest BCUT2D eigenvalue weighted by Gasteiger charge is -2.27. The maximum atomic E-state index is 13.4. The van der Waals surface area contributed by atoms with Gasteiger partial charge in [0.05, 0.1) is 20.9 Å². The molecule has 1 aliphatic rings. The minimum Gasteiger partial charge on any atom is -0.487 e. The molecule has 0 saturated carbocycles. The fourth-order valence-electron chi connectivity index (χ4n) is 3.87. The number of nitriles is 1. The highest BCUT2D eigenvalue weighted by molar-refractivity contribution is 14.1. The van der Waals surface area contributed by atoms with Crippen molar-refractivity contribution in [2.24, 2.45) is 0 Å². The van der Waals surface area contributed by atoms with Gasteiger partial charge in [0.25, 0.3) is 11.8 Å². The zero-order chi connectivity index (χ0) is 26.0. The molecule has 0 radical (unpaired) electrons. The van der Waals surface area contributed by atoms with Gasteiger partial charge in [-0.05, 0) is 107 Å². The van der Waals surface area contributed by atoms with Crippen LogP contribution in [0.15, 0.2) is 60.2 Å². The second-order valence-corrected chi connectivity index (χ2v) is 10.6. The van der Waals surface area contributed by atoms with E-state index in [0.29, 0.717) is 28.1 Å². The number of ether oxygens (including phenoxy) is 1. The van der Waals surface area contributed by atoms with Crippen LogP contribution in [-0.4, -0.2) is 17.8 Å². The van der Waals surface area contributed by atoms with Gasteiger partial charge in [0.2, 0.25) is 0 Å². The lowest BCUT2D eigenvalue weighted by Crippen LogP contribution is -2.54. The Kier molecular flexibility index (Phi) is 7.75. The van der Waals surface area contributed by atoms with Gasteiger partial charge in [-0.1, -0.05) is 24.3 Å². The standard InChI is InChI=1S/C27H19I2N3O4/c1-15-7-16(2)9-21(8-15)32-26(34)22(25(33)31-27(32)35)11-19-10-20(28)12-23(29)24(19)36-14-18-6-4-3-5-17(18)13-30/h3-12H,14H2,1-2H3,(H,31,33,35)/b22-11+. The molecule has 0 atom stereocenters. The Labute approximate surface area is 235 Å². The van der Waals surface area contributed by atoms with Crippen LogP contribution < -0.4 is 15.0 Å². The average molecular weight is 703 g/mol. The molecule has 0 bridgehead atoms. The number of urea groups is 1. The van der Waals surface area contributed by atoms with Gasteiger partial charge in [0.1, 0.15) is 17.9 Å². The quantitative estimate of drug-likeness (QED) is 0.211. The van der Waals surface area contributed by atoms with Gasteiger partial charge in [0.15, 0.2) is 0 Å². The molecule has 36 heavy (non-hydrogen) atoms. The minimum atomic E-state index is -0.797. The van der Waals surface area contributed by atoms with E-state index < -0.39 is 17.8 Å². The van der Waals surface area contributed by atoms with Gasteiger partial charge in [-0.2, -0.15) is 5.26 Å². The fraction of sp³-hybridized carbons (Fsp3) is 0.111. The molecule has 1 aliphatic heterocycles. The summed E-state index contributed by atoms with van der Waals surface area (Å²) < 4.78 is 7.74. The molecule has 9 heteroatoms. The normalized spacial score (nSPS) is 14.6. The van der Waals surface area contributed by atoms with E-state index in [1.807, 2.05) is 38.1 Å². The fourth-order valence-corrected chi connectivity index (χ4v) is 5.92. The van der Waals surface area contributed by atoms with Crippen molar-refractivity contribution in [1.29, 1.82) is 5.26 Å². The van der Waals surface area contributed by atoms with Crippen LogP contribution in [0.2, 0.25) is 0 Å². The first-order valence-corrected chi connectivity index (χ1v) is 12.9. The Hall–Kier alpha value is -3.24. The summed E-state index contributed by atoms with van der Waals surface area (Å²) in [7, 11) is 0. The number of carbonyl (C=O) groups excluding carboxylic acids is 3. The van der Waals surface area contributed by atoms with Gasteiger partial charge in [0, 0.05) is 14.7 Å². The van der Waals surface area contributed by atoms with E-state index in [-0.39, 0.29) is 12.2 Å². The van der Waals surface area contributed by atoms with Crippen LogP contribution in [0.4, 0.5) is 10.5 Å². The first-order chi connectivity index (χ1) is 17.2. The summed E-state index contributed by atoms with van der Waals surface area (Å²) in [6.45, 7) is 3.86. The SMILES string of the molecule is Cc1cc(C)cc(N2C(=O)NC(=O)/C(=C\c3cc(I)cc(I)c3OCc3ccccc3C#N)C2=O)c1. The smallest absolute Gasteiger partial charge is 0.335 e. The summed E-state index contributed by atoms with van der Waals surface area (Å²) in [6.07, 6.45) is 1.44. The summed E-state index contributed by atoms with van der Waals surface area (Å²) in [4.78, 5) is 39.8. The van der Waals surface area contributed by atoms with Crippen molar-refractivity contribution in [3.63, 3.8) is 0 Å². The van der Waals surface area contributed by atoms with E-state index in [0.717, 1.165) is 23.2 Å². The molecule has 0 spiro atoms. The second kappa shape index (κ2) is 10.8. The van der Waals surface area contributed by atoms with Crippen molar-refractivity contribution >= 4 is 74.8 Å². The molecule has 0 unspecified atom stereocenters. The zero-order valence-electron chi connectivity index (χ0n) is 19.3. The molecule has 1 N–H and O–H groups in total. The highest BCUT2D eigenvalue weighted by Gasteiger charge is 2.37. The topological polar surface area (TPSA) is 99.5 Å². The molecule has 7 nitrogen and oxygen atoms in total. The van der Waals surface area contributed by atoms with Gasteiger partial charge in [-0.3, -0.25) is 14.9 Å². The van der Waals surface area contributed by atoms with Crippen LogP contribution in [0.3, 0.4) is 0 Å². The minimum absolute atomic E-state index is 0.129. The molecule has 1 fully saturated rings. The number of hydrogen-bond donors (Lipinski definition) is 1. The number of benzene rings is 3. The highest BCUT2D eigenvalue weighted by Crippen LogP contribution is 2.32. The third-order valence-corrected chi connectivity index (χ3v) is 6.84. The van der Waals surface area contributed by atoms with E-state index in [1.54, 1.807) is 30.3 Å². The van der Waals surface area contributed by atoms with E-state index in [1.165, 1.54) is 6.08 Å². The molecule has 3 aromatic rings. The number of halogens is 2. The predicted molar refractivity (Wildman–Crippen MR) is 152 cm³/mol. The van der Waals surface area contributed by atoms with Crippen molar-refractivity contribution in [3.05, 3.63) is 95.1 Å². The van der Waals surface area contributed by atoms with Crippen LogP contribution in [0.5, 0.6) is 5.75 Å². The molecule has 4 amide bonds. The summed E-state index contributed by atoms with van der Waals surface area (Å²) >= 11 is 4.27. The Morgan fingerprint density at radius 3 is 2.42 bits per heavy atom. The van der Waals surface area contributed by atoms with Crippen LogP contribution in [0.25, 0.3) is 6.08 Å². The Morgan fingerprint density at radius 2 is 1.72 bits per heavy atom. The average Bonchev–Trinajstić information content (AvgIpc) is 2.80. The van der Waals surface area contributed by atoms with Gasteiger partial charge < -0.3 is 4.74 Å². The molecule has 1 heterocycles. The summed E-state index contributed by atoms with van der Waals surface area (Å²) in [5, 5.41) is 11.6. The molecular weight excluding hydrogens is 684 g/mol. The molecule has 1 saturated heterocycles. The zero-order valence-corrected chi connectivity index (χ0v) is 23.6. The number of aryl methyl sites for hydroxylation is 2. The molecule has 0 aromatic heterocycles. The first-order valence-electron chi connectivity index (χ1n) is 10.8. The van der Waals surface area contributed by atoms with Crippen LogP contribution in [-0.2, 0) is 16.2 Å². The lowest BCUT2D eigenvalue weighted by atomic mass is 10.0. The summed E-state index contributed by atoms with van der Waals surface area (Å²) in [6, 6.07) is 17.5. The Morgan fingerprint density at radius 1 is 1.03 bits per heavy atom. The Bertz CT molecular complexity index is 1470. The third-order valence-electron chi connectivity index (χ3n) is 5.41. The molecule has 4 rings (SSSR count). The number of carbonyl (C=O) groups is 3. The number of barbiturate groups is 1. The highest BCUT2D eigenvalue weighted by atomic mass is 127. The first kappa shape index (κ1) is 25.8. The van der Waals surface area contributed by atoms with E-state index in [2.05, 4.69) is 56.6 Å². The van der Waals surface area contributed by atoms with Crippen LogP contribution >= 0.6 is 45.2 Å². The van der Waals surface area contributed by atoms with E-state index in [9.17, 15) is 19.6 Å². The number of nitrogens with zero attached hydrogens (tertiary/aromatic N) is 2. The Balaban J connectivity index is 1.74. The number of rotatable bonds is 5. The van der Waals surface area contributed by atoms with Crippen molar-refractivity contribution in [3.8, 4) is 11.8 Å². The predicted octanol–water partition coefficient (Wildman–Crippen LogP) is 5.63. The van der Waals surface area contributed by atoms with Gasteiger partial charge in [-0.15, -0.1) is 0 Å². The number of imide groups is 2. The summed E-state index contributed by atoms with van der Waals surface area (Å²) in [5.41, 5.74) is 3.69. The van der Waals surface area contributed by atoms with Crippen LogP contribution in [0, 0.1) is 32.3 Å². The van der Waals surface area contributed by atoms with Crippen LogP contribution in [0.1, 0.15) is 27.8 Å². The number of nitrogens with one attached hydrogen (secondary N) is 1. The van der Waals surface area contributed by atoms with Gasteiger partial charge >= 0.3 is 6.03 Å². The van der Waals surface area contributed by atoms with Crippen molar-refractivity contribution in [2.45, 2.75) is 20.5 Å². The molecule has 3 aromatic carbocycles.